The van der Waals surface area contributed by atoms with Crippen LogP contribution in [0.15, 0.2) is 18.3 Å². The van der Waals surface area contributed by atoms with Gasteiger partial charge < -0.3 is 11.1 Å². The van der Waals surface area contributed by atoms with Gasteiger partial charge in [-0.1, -0.05) is 32.4 Å². The van der Waals surface area contributed by atoms with E-state index in [9.17, 15) is 4.79 Å². The lowest BCUT2D eigenvalue weighted by molar-refractivity contribution is -0.119. The summed E-state index contributed by atoms with van der Waals surface area (Å²) in [5.41, 5.74) is 6.14. The van der Waals surface area contributed by atoms with Gasteiger partial charge in [-0.2, -0.15) is 0 Å². The normalized spacial score (nSPS) is 13.3. The summed E-state index contributed by atoms with van der Waals surface area (Å²) in [7, 11) is 0. The van der Waals surface area contributed by atoms with Gasteiger partial charge in [-0.3, -0.25) is 4.79 Å². The minimum Gasteiger partial charge on any atom is -0.325 e. The first kappa shape index (κ1) is 12.9. The summed E-state index contributed by atoms with van der Waals surface area (Å²) >= 11 is 5.70. The molecule has 88 valence electrons. The van der Waals surface area contributed by atoms with E-state index >= 15 is 0 Å². The zero-order chi connectivity index (χ0) is 12.3. The molecule has 5 heteroatoms. The van der Waals surface area contributed by atoms with Crippen LogP contribution >= 0.6 is 11.6 Å². The van der Waals surface area contributed by atoms with Crippen molar-refractivity contribution in [3.63, 3.8) is 0 Å². The van der Waals surface area contributed by atoms with Crippen molar-refractivity contribution < 1.29 is 4.79 Å². The summed E-state index contributed by atoms with van der Waals surface area (Å²) in [5, 5.41) is 3.04. The number of hydrogen-bond acceptors (Lipinski definition) is 3. The Kier molecular flexibility index (Phi) is 3.88. The molecule has 1 amide bonds. The van der Waals surface area contributed by atoms with Crippen molar-refractivity contribution in [3.05, 3.63) is 23.5 Å². The highest BCUT2D eigenvalue weighted by atomic mass is 35.5. The number of pyridine rings is 1. The molecule has 0 spiro atoms. The van der Waals surface area contributed by atoms with Crippen LogP contribution in [0.5, 0.6) is 0 Å². The maximum atomic E-state index is 11.8. The molecule has 16 heavy (non-hydrogen) atoms. The SMILES string of the molecule is CC(C)(C)[C@H](N)C(=O)Nc1ccnc(Cl)c1. The molecular formula is C11H16ClN3O. The zero-order valence-electron chi connectivity index (χ0n) is 9.62. The third-order valence-electron chi connectivity index (χ3n) is 2.21. The van der Waals surface area contributed by atoms with E-state index in [2.05, 4.69) is 10.3 Å². The van der Waals surface area contributed by atoms with E-state index in [0.29, 0.717) is 10.8 Å². The Morgan fingerprint density at radius 2 is 2.19 bits per heavy atom. The topological polar surface area (TPSA) is 68.0 Å². The average Bonchev–Trinajstić information content (AvgIpc) is 2.15. The number of aromatic nitrogens is 1. The van der Waals surface area contributed by atoms with Gasteiger partial charge in [0.2, 0.25) is 5.91 Å². The summed E-state index contributed by atoms with van der Waals surface area (Å²) in [6, 6.07) is 2.67. The molecule has 1 rings (SSSR count). The molecule has 4 nitrogen and oxygen atoms in total. The van der Waals surface area contributed by atoms with Crippen molar-refractivity contribution in [2.24, 2.45) is 11.1 Å². The van der Waals surface area contributed by atoms with E-state index in [1.807, 2.05) is 20.8 Å². The summed E-state index contributed by atoms with van der Waals surface area (Å²) in [5.74, 6) is -0.227. The summed E-state index contributed by atoms with van der Waals surface area (Å²) < 4.78 is 0. The van der Waals surface area contributed by atoms with Crippen LogP contribution in [0.2, 0.25) is 5.15 Å². The predicted octanol–water partition coefficient (Wildman–Crippen LogP) is 2.05. The smallest absolute Gasteiger partial charge is 0.241 e. The standard InChI is InChI=1S/C11H16ClN3O/c1-11(2,3)9(13)10(16)15-7-4-5-14-8(12)6-7/h4-6,9H,13H2,1-3H3,(H,14,15,16)/t9-/m1/s1. The highest BCUT2D eigenvalue weighted by Crippen LogP contribution is 2.19. The number of anilines is 1. The summed E-state index contributed by atoms with van der Waals surface area (Å²) in [6.07, 6.45) is 1.53. The number of hydrogen-bond donors (Lipinski definition) is 2. The van der Waals surface area contributed by atoms with E-state index in [1.54, 1.807) is 12.1 Å². The number of rotatable bonds is 2. The minimum atomic E-state index is -0.570. The monoisotopic (exact) mass is 241 g/mol. The molecule has 1 heterocycles. The Morgan fingerprint density at radius 3 is 2.69 bits per heavy atom. The van der Waals surface area contributed by atoms with E-state index in [1.165, 1.54) is 6.20 Å². The highest BCUT2D eigenvalue weighted by Gasteiger charge is 2.27. The predicted molar refractivity (Wildman–Crippen MR) is 65.3 cm³/mol. The van der Waals surface area contributed by atoms with E-state index in [-0.39, 0.29) is 11.3 Å². The van der Waals surface area contributed by atoms with Gasteiger partial charge in [-0.25, -0.2) is 4.98 Å². The van der Waals surface area contributed by atoms with Gasteiger partial charge in [-0.15, -0.1) is 0 Å². The second-order valence-corrected chi connectivity index (χ2v) is 5.09. The lowest BCUT2D eigenvalue weighted by Crippen LogP contribution is -2.45. The molecule has 0 saturated carbocycles. The quantitative estimate of drug-likeness (QED) is 0.779. The van der Waals surface area contributed by atoms with Crippen LogP contribution in [0.4, 0.5) is 5.69 Å². The number of halogens is 1. The van der Waals surface area contributed by atoms with Gasteiger partial charge in [0.1, 0.15) is 5.15 Å². The molecule has 0 aliphatic carbocycles. The Bertz CT molecular complexity index is 387. The first-order valence-electron chi connectivity index (χ1n) is 4.98. The second-order valence-electron chi connectivity index (χ2n) is 4.70. The van der Waals surface area contributed by atoms with Gasteiger partial charge in [0.25, 0.3) is 0 Å². The van der Waals surface area contributed by atoms with Crippen molar-refractivity contribution in [1.29, 1.82) is 0 Å². The second kappa shape index (κ2) is 4.80. The molecule has 0 radical (unpaired) electrons. The van der Waals surface area contributed by atoms with E-state index in [0.717, 1.165) is 0 Å². The van der Waals surface area contributed by atoms with Crippen molar-refractivity contribution in [2.45, 2.75) is 26.8 Å². The molecule has 0 aliphatic rings. The van der Waals surface area contributed by atoms with Gasteiger partial charge >= 0.3 is 0 Å². The molecule has 0 aromatic carbocycles. The van der Waals surface area contributed by atoms with Gasteiger partial charge in [0.15, 0.2) is 0 Å². The first-order valence-corrected chi connectivity index (χ1v) is 5.36. The van der Waals surface area contributed by atoms with Crippen LogP contribution in [0.25, 0.3) is 0 Å². The maximum absolute atomic E-state index is 11.8. The largest absolute Gasteiger partial charge is 0.325 e. The number of carbonyl (C=O) groups excluding carboxylic acids is 1. The molecule has 1 aromatic rings. The fourth-order valence-corrected chi connectivity index (χ4v) is 1.27. The van der Waals surface area contributed by atoms with Crippen molar-refractivity contribution in [1.82, 2.24) is 4.98 Å². The van der Waals surface area contributed by atoms with Gasteiger partial charge in [-0.05, 0) is 17.5 Å². The Labute approximate surface area is 100 Å². The molecule has 1 atom stereocenters. The fourth-order valence-electron chi connectivity index (χ4n) is 1.09. The molecule has 0 aliphatic heterocycles. The van der Waals surface area contributed by atoms with Crippen LogP contribution in [-0.2, 0) is 4.79 Å². The van der Waals surface area contributed by atoms with Crippen LogP contribution in [0.3, 0.4) is 0 Å². The number of carbonyl (C=O) groups is 1. The van der Waals surface area contributed by atoms with Crippen LogP contribution in [0, 0.1) is 5.41 Å². The van der Waals surface area contributed by atoms with Crippen molar-refractivity contribution >= 4 is 23.2 Å². The first-order chi connectivity index (χ1) is 7.30. The van der Waals surface area contributed by atoms with Gasteiger partial charge in [0, 0.05) is 11.9 Å². The highest BCUT2D eigenvalue weighted by molar-refractivity contribution is 6.29. The fraction of sp³-hybridized carbons (Fsp3) is 0.455. The third-order valence-corrected chi connectivity index (χ3v) is 2.42. The molecular weight excluding hydrogens is 226 g/mol. The van der Waals surface area contributed by atoms with Crippen LogP contribution < -0.4 is 11.1 Å². The minimum absolute atomic E-state index is 0.227. The van der Waals surface area contributed by atoms with E-state index < -0.39 is 6.04 Å². The maximum Gasteiger partial charge on any atom is 0.241 e. The van der Waals surface area contributed by atoms with Crippen molar-refractivity contribution in [3.8, 4) is 0 Å². The summed E-state index contributed by atoms with van der Waals surface area (Å²) in [6.45, 7) is 5.74. The molecule has 0 saturated heterocycles. The molecule has 0 bridgehead atoms. The average molecular weight is 242 g/mol. The molecule has 1 aromatic heterocycles. The Balaban J connectivity index is 2.72. The van der Waals surface area contributed by atoms with Crippen LogP contribution in [0.1, 0.15) is 20.8 Å². The molecule has 3 N–H and O–H groups in total. The van der Waals surface area contributed by atoms with Crippen molar-refractivity contribution in [2.75, 3.05) is 5.32 Å². The Hall–Kier alpha value is -1.13. The lowest BCUT2D eigenvalue weighted by Gasteiger charge is -2.25. The van der Waals surface area contributed by atoms with E-state index in [4.69, 9.17) is 17.3 Å². The number of nitrogens with two attached hydrogens (primary N) is 1. The molecule has 0 unspecified atom stereocenters. The Morgan fingerprint density at radius 1 is 1.56 bits per heavy atom. The number of nitrogens with zero attached hydrogens (tertiary/aromatic N) is 1. The zero-order valence-corrected chi connectivity index (χ0v) is 10.4. The number of amides is 1. The summed E-state index contributed by atoms with van der Waals surface area (Å²) in [4.78, 5) is 15.6. The number of nitrogens with one attached hydrogen (secondary N) is 1. The third kappa shape index (κ3) is 3.47. The molecule has 0 fully saturated rings. The van der Waals surface area contributed by atoms with Gasteiger partial charge in [0.05, 0.1) is 6.04 Å². The lowest BCUT2D eigenvalue weighted by atomic mass is 9.87. The van der Waals surface area contributed by atoms with Crippen LogP contribution in [-0.4, -0.2) is 16.9 Å².